The predicted octanol–water partition coefficient (Wildman–Crippen LogP) is 5.76. The van der Waals surface area contributed by atoms with Crippen LogP contribution in [0.2, 0.25) is 0 Å². The first-order chi connectivity index (χ1) is 14.1. The molecule has 5 heteroatoms. The van der Waals surface area contributed by atoms with Crippen LogP contribution in [0.3, 0.4) is 0 Å². The molecule has 1 aliphatic heterocycles. The smallest absolute Gasteiger partial charge is 0.278 e. The highest BCUT2D eigenvalue weighted by molar-refractivity contribution is 14.1. The lowest BCUT2D eigenvalue weighted by Gasteiger charge is -2.16. The van der Waals surface area contributed by atoms with Gasteiger partial charge < -0.3 is 0 Å². The second-order valence-electron chi connectivity index (χ2n) is 6.84. The van der Waals surface area contributed by atoms with E-state index in [1.165, 1.54) is 0 Å². The maximum Gasteiger partial charge on any atom is 0.286 e. The van der Waals surface area contributed by atoms with Gasteiger partial charge in [-0.15, -0.1) is 5.06 Å². The van der Waals surface area contributed by atoms with Crippen molar-refractivity contribution in [2.45, 2.75) is 0 Å². The second-order valence-corrected chi connectivity index (χ2v) is 8.09. The maximum absolute atomic E-state index is 12.9. The standard InChI is InChI=1S/C24H14INO3/c25-16-12-10-15(11-13-16)20-18-9-5-4-8-17(18)19(14-6-2-1-3-7-14)21-22(20)24(28)26(29)23(21)27/h1-13,29H. The maximum atomic E-state index is 12.9. The van der Waals surface area contributed by atoms with Crippen molar-refractivity contribution in [1.82, 2.24) is 5.06 Å². The number of halogens is 1. The van der Waals surface area contributed by atoms with E-state index in [1.54, 1.807) is 0 Å². The molecule has 0 radical (unpaired) electrons. The molecule has 0 saturated carbocycles. The topological polar surface area (TPSA) is 57.6 Å². The molecule has 4 nitrogen and oxygen atoms in total. The summed E-state index contributed by atoms with van der Waals surface area (Å²) in [5, 5.41) is 12.2. The molecule has 0 bridgehead atoms. The Hall–Kier alpha value is -3.03. The van der Waals surface area contributed by atoms with Crippen molar-refractivity contribution >= 4 is 45.2 Å². The number of hydrogen-bond donors (Lipinski definition) is 1. The van der Waals surface area contributed by atoms with Gasteiger partial charge in [-0.05, 0) is 56.6 Å². The fourth-order valence-corrected chi connectivity index (χ4v) is 4.35. The molecule has 0 fully saturated rings. The zero-order valence-corrected chi connectivity index (χ0v) is 17.3. The summed E-state index contributed by atoms with van der Waals surface area (Å²) >= 11 is 2.23. The molecule has 0 aliphatic carbocycles. The van der Waals surface area contributed by atoms with Gasteiger partial charge in [-0.3, -0.25) is 14.8 Å². The Kier molecular flexibility index (Phi) is 4.22. The summed E-state index contributed by atoms with van der Waals surface area (Å²) in [6.45, 7) is 0. The van der Waals surface area contributed by atoms with Gasteiger partial charge in [0.2, 0.25) is 0 Å². The van der Waals surface area contributed by atoms with Crippen LogP contribution in [-0.2, 0) is 0 Å². The number of benzene rings is 4. The van der Waals surface area contributed by atoms with Crippen LogP contribution in [0.15, 0.2) is 78.9 Å². The highest BCUT2D eigenvalue weighted by Crippen LogP contribution is 2.45. The van der Waals surface area contributed by atoms with Gasteiger partial charge in [0.05, 0.1) is 11.1 Å². The third-order valence-corrected chi connectivity index (χ3v) is 5.94. The van der Waals surface area contributed by atoms with E-state index in [1.807, 2.05) is 78.9 Å². The minimum absolute atomic E-state index is 0.228. The van der Waals surface area contributed by atoms with Crippen LogP contribution in [0.5, 0.6) is 0 Å². The van der Waals surface area contributed by atoms with E-state index in [0.717, 1.165) is 25.5 Å². The molecular formula is C24H14INO3. The summed E-state index contributed by atoms with van der Waals surface area (Å²) in [6, 6.07) is 25.0. The summed E-state index contributed by atoms with van der Waals surface area (Å²) in [5.74, 6) is -1.39. The first kappa shape index (κ1) is 18.0. The van der Waals surface area contributed by atoms with Crippen LogP contribution >= 0.6 is 22.6 Å². The molecule has 2 amide bonds. The molecule has 0 atom stereocenters. The molecule has 0 saturated heterocycles. The van der Waals surface area contributed by atoms with Crippen LogP contribution < -0.4 is 0 Å². The number of carbonyl (C=O) groups is 2. The Morgan fingerprint density at radius 3 is 1.55 bits per heavy atom. The molecular weight excluding hydrogens is 477 g/mol. The van der Waals surface area contributed by atoms with Gasteiger partial charge in [-0.25, -0.2) is 0 Å². The van der Waals surface area contributed by atoms with Crippen molar-refractivity contribution in [2.75, 3.05) is 0 Å². The van der Waals surface area contributed by atoms with E-state index in [4.69, 9.17) is 0 Å². The van der Waals surface area contributed by atoms with Crippen LogP contribution in [0, 0.1) is 3.57 Å². The summed E-state index contributed by atoms with van der Waals surface area (Å²) in [5.41, 5.74) is 3.48. The number of carbonyl (C=O) groups excluding carboxylic acids is 2. The third kappa shape index (κ3) is 2.69. The van der Waals surface area contributed by atoms with Crippen molar-refractivity contribution < 1.29 is 14.8 Å². The highest BCUT2D eigenvalue weighted by atomic mass is 127. The van der Waals surface area contributed by atoms with Crippen LogP contribution in [-0.4, -0.2) is 22.1 Å². The first-order valence-electron chi connectivity index (χ1n) is 9.05. The van der Waals surface area contributed by atoms with Gasteiger partial charge in [-0.2, -0.15) is 0 Å². The number of fused-ring (bicyclic) bond motifs is 2. The molecule has 0 spiro atoms. The number of nitrogens with zero attached hydrogens (tertiary/aromatic N) is 1. The summed E-state index contributed by atoms with van der Waals surface area (Å²) in [6.07, 6.45) is 0. The van der Waals surface area contributed by atoms with Gasteiger partial charge in [0.15, 0.2) is 0 Å². The van der Waals surface area contributed by atoms with Gasteiger partial charge >= 0.3 is 0 Å². The molecule has 4 aromatic carbocycles. The molecule has 4 aromatic rings. The monoisotopic (exact) mass is 491 g/mol. The van der Waals surface area contributed by atoms with Crippen LogP contribution in [0.4, 0.5) is 0 Å². The zero-order chi connectivity index (χ0) is 20.1. The van der Waals surface area contributed by atoms with Crippen LogP contribution in [0.25, 0.3) is 33.0 Å². The average molecular weight is 491 g/mol. The van der Waals surface area contributed by atoms with Crippen molar-refractivity contribution in [2.24, 2.45) is 0 Å². The second kappa shape index (κ2) is 6.79. The third-order valence-electron chi connectivity index (χ3n) is 5.22. The summed E-state index contributed by atoms with van der Waals surface area (Å²) in [7, 11) is 0. The van der Waals surface area contributed by atoms with E-state index in [2.05, 4.69) is 22.6 Å². The lowest BCUT2D eigenvalue weighted by molar-refractivity contribution is -0.0326. The molecule has 1 N–H and O–H groups in total. The number of hydrogen-bond acceptors (Lipinski definition) is 3. The van der Waals surface area contributed by atoms with Crippen molar-refractivity contribution in [3.05, 3.63) is 93.6 Å². The Morgan fingerprint density at radius 2 is 1.03 bits per heavy atom. The lowest BCUT2D eigenvalue weighted by atomic mass is 9.84. The zero-order valence-electron chi connectivity index (χ0n) is 15.1. The first-order valence-corrected chi connectivity index (χ1v) is 10.1. The fraction of sp³-hybridized carbons (Fsp3) is 0. The van der Waals surface area contributed by atoms with E-state index in [9.17, 15) is 14.8 Å². The number of rotatable bonds is 2. The molecule has 0 unspecified atom stereocenters. The Bertz CT molecular complexity index is 1300. The number of amides is 2. The van der Waals surface area contributed by atoms with Gasteiger partial charge in [-0.1, -0.05) is 66.7 Å². The molecule has 1 aliphatic rings. The number of hydroxylamine groups is 2. The Morgan fingerprint density at radius 1 is 0.586 bits per heavy atom. The summed E-state index contributed by atoms with van der Waals surface area (Å²) < 4.78 is 1.07. The number of imide groups is 1. The largest absolute Gasteiger partial charge is 0.286 e. The fourth-order valence-electron chi connectivity index (χ4n) is 3.99. The van der Waals surface area contributed by atoms with Crippen molar-refractivity contribution in [3.63, 3.8) is 0 Å². The normalized spacial score (nSPS) is 13.2. The Labute approximate surface area is 180 Å². The summed E-state index contributed by atoms with van der Waals surface area (Å²) in [4.78, 5) is 25.9. The molecule has 0 aromatic heterocycles. The molecule has 1 heterocycles. The highest BCUT2D eigenvalue weighted by Gasteiger charge is 2.41. The average Bonchev–Trinajstić information content (AvgIpc) is 2.98. The SMILES string of the molecule is O=C1c2c(c(-c3ccc(I)cc3)c3ccccc3c2-c2ccccc2)C(=O)N1O. The van der Waals surface area contributed by atoms with E-state index >= 15 is 0 Å². The van der Waals surface area contributed by atoms with Crippen molar-refractivity contribution in [3.8, 4) is 22.3 Å². The van der Waals surface area contributed by atoms with E-state index < -0.39 is 11.8 Å². The van der Waals surface area contributed by atoms with E-state index in [0.29, 0.717) is 11.1 Å². The minimum Gasteiger partial charge on any atom is -0.278 e. The minimum atomic E-state index is -0.693. The van der Waals surface area contributed by atoms with Crippen LogP contribution in [0.1, 0.15) is 20.7 Å². The van der Waals surface area contributed by atoms with Crippen molar-refractivity contribution in [1.29, 1.82) is 0 Å². The Balaban J connectivity index is 2.00. The predicted molar refractivity (Wildman–Crippen MR) is 120 cm³/mol. The van der Waals surface area contributed by atoms with Gasteiger partial charge in [0.25, 0.3) is 11.8 Å². The van der Waals surface area contributed by atoms with Gasteiger partial charge in [0.1, 0.15) is 0 Å². The lowest BCUT2D eigenvalue weighted by Crippen LogP contribution is -2.25. The van der Waals surface area contributed by atoms with E-state index in [-0.39, 0.29) is 16.2 Å². The molecule has 140 valence electrons. The molecule has 5 rings (SSSR count). The quantitative estimate of drug-likeness (QED) is 0.220. The van der Waals surface area contributed by atoms with Gasteiger partial charge in [0, 0.05) is 14.7 Å². The molecule has 29 heavy (non-hydrogen) atoms.